The first-order valence-corrected chi connectivity index (χ1v) is 11.9. The molecular formula is C27H24N2O6S. The van der Waals surface area contributed by atoms with Crippen LogP contribution in [0, 0.1) is 0 Å². The minimum Gasteiger partial charge on any atom is -0.497 e. The molecule has 0 bridgehead atoms. The highest BCUT2D eigenvalue weighted by Crippen LogP contribution is 2.26. The second-order valence-corrected chi connectivity index (χ2v) is 8.34. The minimum absolute atomic E-state index is 0.0313. The summed E-state index contributed by atoms with van der Waals surface area (Å²) in [5, 5.41) is 8.28. The summed E-state index contributed by atoms with van der Waals surface area (Å²) in [6.45, 7) is 0. The van der Waals surface area contributed by atoms with Crippen molar-refractivity contribution >= 4 is 29.9 Å². The molecule has 0 saturated heterocycles. The van der Waals surface area contributed by atoms with Gasteiger partial charge in [-0.25, -0.2) is 0 Å². The van der Waals surface area contributed by atoms with Crippen molar-refractivity contribution in [2.24, 2.45) is 0 Å². The van der Waals surface area contributed by atoms with E-state index in [0.717, 1.165) is 34.2 Å². The van der Waals surface area contributed by atoms with E-state index in [1.165, 1.54) is 0 Å². The maximum absolute atomic E-state index is 12.3. The molecule has 36 heavy (non-hydrogen) atoms. The Morgan fingerprint density at radius 3 is 2.03 bits per heavy atom. The number of aromatic nitrogens is 2. The molecule has 3 aromatic carbocycles. The van der Waals surface area contributed by atoms with Crippen LogP contribution >= 0.6 is 11.8 Å². The summed E-state index contributed by atoms with van der Waals surface area (Å²) in [6, 6.07) is 20.1. The van der Waals surface area contributed by atoms with Crippen LogP contribution in [0.5, 0.6) is 23.0 Å². The van der Waals surface area contributed by atoms with Gasteiger partial charge in [0, 0.05) is 11.6 Å². The van der Waals surface area contributed by atoms with Crippen molar-refractivity contribution in [3.63, 3.8) is 0 Å². The fraction of sp³-hybridized carbons (Fsp3) is 0.148. The number of nitrogens with zero attached hydrogens (tertiary/aromatic N) is 2. The second-order valence-electron chi connectivity index (χ2n) is 7.41. The molecule has 1 heterocycles. The van der Waals surface area contributed by atoms with E-state index < -0.39 is 5.97 Å². The van der Waals surface area contributed by atoms with Gasteiger partial charge in [-0.15, -0.1) is 10.2 Å². The highest BCUT2D eigenvalue weighted by molar-refractivity contribution is 7.99. The molecular weight excluding hydrogens is 480 g/mol. The van der Waals surface area contributed by atoms with Gasteiger partial charge in [-0.1, -0.05) is 36.0 Å². The molecule has 0 fully saturated rings. The lowest BCUT2D eigenvalue weighted by atomic mass is 10.1. The van der Waals surface area contributed by atoms with Crippen molar-refractivity contribution in [2.45, 2.75) is 5.22 Å². The monoisotopic (exact) mass is 504 g/mol. The largest absolute Gasteiger partial charge is 0.497 e. The van der Waals surface area contributed by atoms with E-state index in [1.807, 2.05) is 54.6 Å². The van der Waals surface area contributed by atoms with Gasteiger partial charge in [0.2, 0.25) is 5.89 Å². The smallest absolute Gasteiger partial charge is 0.321 e. The molecule has 0 saturated carbocycles. The standard InChI is InChI=1S/C27H24N2O6S/c1-31-21-12-8-20(9-13-21)26-28-29-27(35-26)36-17-25(30)34-22-10-6-18(7-11-22)4-5-19-14-23(32-2)16-24(15-19)33-3/h4-16H,17H2,1-3H3/b5-4+. The summed E-state index contributed by atoms with van der Waals surface area (Å²) < 4.78 is 26.8. The third-order valence-corrected chi connectivity index (χ3v) is 5.80. The Hall–Kier alpha value is -4.24. The quantitative estimate of drug-likeness (QED) is 0.118. The Bertz CT molecular complexity index is 1310. The normalized spacial score (nSPS) is 10.9. The van der Waals surface area contributed by atoms with Crippen LogP contribution in [0.15, 0.2) is 76.4 Å². The zero-order valence-electron chi connectivity index (χ0n) is 20.0. The van der Waals surface area contributed by atoms with Crippen LogP contribution in [0.2, 0.25) is 0 Å². The average Bonchev–Trinajstić information content (AvgIpc) is 3.40. The molecule has 4 rings (SSSR count). The van der Waals surface area contributed by atoms with Crippen molar-refractivity contribution in [2.75, 3.05) is 27.1 Å². The Labute approximate surface area is 212 Å². The molecule has 1 aromatic heterocycles. The van der Waals surface area contributed by atoms with E-state index in [0.29, 0.717) is 23.1 Å². The Morgan fingerprint density at radius 2 is 1.39 bits per heavy atom. The van der Waals surface area contributed by atoms with E-state index in [1.54, 1.807) is 45.6 Å². The predicted molar refractivity (Wildman–Crippen MR) is 138 cm³/mol. The number of thioether (sulfide) groups is 1. The number of carbonyl (C=O) groups excluding carboxylic acids is 1. The molecule has 0 amide bonds. The van der Waals surface area contributed by atoms with E-state index in [4.69, 9.17) is 23.4 Å². The summed E-state index contributed by atoms with van der Waals surface area (Å²) in [4.78, 5) is 12.3. The number of ether oxygens (including phenoxy) is 4. The van der Waals surface area contributed by atoms with Gasteiger partial charge in [-0.05, 0) is 59.7 Å². The SMILES string of the molecule is COc1ccc(-c2nnc(SCC(=O)Oc3ccc(/C=C/c4cc(OC)cc(OC)c4)cc3)o2)cc1. The van der Waals surface area contributed by atoms with E-state index in [2.05, 4.69) is 10.2 Å². The average molecular weight is 505 g/mol. The van der Waals surface area contributed by atoms with Gasteiger partial charge in [0.05, 0.1) is 21.3 Å². The number of esters is 1. The van der Waals surface area contributed by atoms with E-state index >= 15 is 0 Å². The van der Waals surface area contributed by atoms with Gasteiger partial charge in [0.15, 0.2) is 0 Å². The summed E-state index contributed by atoms with van der Waals surface area (Å²) >= 11 is 1.11. The maximum atomic E-state index is 12.3. The predicted octanol–water partition coefficient (Wildman–Crippen LogP) is 5.63. The van der Waals surface area contributed by atoms with Crippen LogP contribution in [-0.2, 0) is 4.79 Å². The molecule has 0 aliphatic heterocycles. The zero-order chi connectivity index (χ0) is 25.3. The molecule has 0 unspecified atom stereocenters. The van der Waals surface area contributed by atoms with E-state index in [9.17, 15) is 4.79 Å². The lowest BCUT2D eigenvalue weighted by Crippen LogP contribution is -2.10. The van der Waals surface area contributed by atoms with Crippen LogP contribution in [0.3, 0.4) is 0 Å². The summed E-state index contributed by atoms with van der Waals surface area (Å²) in [5.41, 5.74) is 2.65. The molecule has 184 valence electrons. The lowest BCUT2D eigenvalue weighted by molar-refractivity contribution is -0.131. The molecule has 0 atom stereocenters. The summed E-state index contributed by atoms with van der Waals surface area (Å²) in [6.07, 6.45) is 3.90. The highest BCUT2D eigenvalue weighted by atomic mass is 32.2. The number of methoxy groups -OCH3 is 3. The number of hydrogen-bond donors (Lipinski definition) is 0. The Kier molecular flexibility index (Phi) is 8.25. The summed E-state index contributed by atoms with van der Waals surface area (Å²) in [5.74, 6) is 2.59. The van der Waals surface area contributed by atoms with Crippen molar-refractivity contribution in [3.05, 3.63) is 77.9 Å². The number of rotatable bonds is 10. The van der Waals surface area contributed by atoms with Crippen molar-refractivity contribution < 1.29 is 28.2 Å². The third kappa shape index (κ3) is 6.67. The van der Waals surface area contributed by atoms with Gasteiger partial charge < -0.3 is 23.4 Å². The van der Waals surface area contributed by atoms with Crippen LogP contribution in [0.1, 0.15) is 11.1 Å². The third-order valence-electron chi connectivity index (χ3n) is 5.01. The first-order valence-electron chi connectivity index (χ1n) is 10.9. The molecule has 4 aromatic rings. The highest BCUT2D eigenvalue weighted by Gasteiger charge is 2.13. The van der Waals surface area contributed by atoms with Crippen LogP contribution in [0.25, 0.3) is 23.6 Å². The first-order chi connectivity index (χ1) is 17.6. The molecule has 0 aliphatic carbocycles. The van der Waals surface area contributed by atoms with Crippen LogP contribution < -0.4 is 18.9 Å². The summed E-state index contributed by atoms with van der Waals surface area (Å²) in [7, 11) is 4.83. The molecule has 0 N–H and O–H groups in total. The first kappa shape index (κ1) is 24.9. The van der Waals surface area contributed by atoms with Gasteiger partial charge in [0.1, 0.15) is 28.8 Å². The fourth-order valence-electron chi connectivity index (χ4n) is 3.17. The minimum atomic E-state index is -0.420. The second kappa shape index (κ2) is 11.9. The number of benzene rings is 3. The van der Waals surface area contributed by atoms with Gasteiger partial charge in [-0.2, -0.15) is 0 Å². The van der Waals surface area contributed by atoms with Crippen molar-refractivity contribution in [3.8, 4) is 34.5 Å². The Morgan fingerprint density at radius 1 is 0.778 bits per heavy atom. The molecule has 8 nitrogen and oxygen atoms in total. The molecule has 0 radical (unpaired) electrons. The van der Waals surface area contributed by atoms with Gasteiger partial charge in [0.25, 0.3) is 5.22 Å². The topological polar surface area (TPSA) is 92.9 Å². The van der Waals surface area contributed by atoms with Gasteiger partial charge in [-0.3, -0.25) is 4.79 Å². The van der Waals surface area contributed by atoms with Crippen molar-refractivity contribution in [1.29, 1.82) is 0 Å². The van der Waals surface area contributed by atoms with E-state index in [-0.39, 0.29) is 11.0 Å². The maximum Gasteiger partial charge on any atom is 0.321 e. The lowest BCUT2D eigenvalue weighted by Gasteiger charge is -2.06. The molecule has 0 spiro atoms. The van der Waals surface area contributed by atoms with Crippen molar-refractivity contribution in [1.82, 2.24) is 10.2 Å². The fourth-order valence-corrected chi connectivity index (χ4v) is 3.70. The number of carbonyl (C=O) groups is 1. The Balaban J connectivity index is 1.29. The zero-order valence-corrected chi connectivity index (χ0v) is 20.8. The van der Waals surface area contributed by atoms with Gasteiger partial charge >= 0.3 is 5.97 Å². The van der Waals surface area contributed by atoms with Crippen LogP contribution in [-0.4, -0.2) is 43.2 Å². The number of hydrogen-bond acceptors (Lipinski definition) is 9. The molecule has 0 aliphatic rings. The molecule has 9 heteroatoms. The van der Waals surface area contributed by atoms with Crippen LogP contribution in [0.4, 0.5) is 0 Å².